The summed E-state index contributed by atoms with van der Waals surface area (Å²) in [6.07, 6.45) is -0.780. The van der Waals surface area contributed by atoms with E-state index in [1.165, 1.54) is 0 Å². The predicted octanol–water partition coefficient (Wildman–Crippen LogP) is 4.80. The van der Waals surface area contributed by atoms with Crippen LogP contribution in [0.1, 0.15) is 17.2 Å². The number of benzene rings is 2. The summed E-state index contributed by atoms with van der Waals surface area (Å²) in [4.78, 5) is 0. The molecule has 0 radical (unpaired) electrons. The Balaban J connectivity index is 2.51. The molecule has 1 unspecified atom stereocenters. The number of halogens is 3. The molecule has 5 heteroatoms. The first-order valence-electron chi connectivity index (χ1n) is 5.49. The van der Waals surface area contributed by atoms with E-state index in [-0.39, 0.29) is 0 Å². The zero-order valence-electron chi connectivity index (χ0n) is 10.0. The molecule has 0 fully saturated rings. The van der Waals surface area contributed by atoms with Crippen molar-refractivity contribution in [2.75, 3.05) is 7.11 Å². The molecule has 1 atom stereocenters. The smallest absolute Gasteiger partial charge is 0.125 e. The number of hydrogen-bond donors (Lipinski definition) is 1. The van der Waals surface area contributed by atoms with Crippen molar-refractivity contribution < 1.29 is 9.84 Å². The lowest BCUT2D eigenvalue weighted by Gasteiger charge is -2.17. The first-order valence-corrected chi connectivity index (χ1v) is 7.74. The van der Waals surface area contributed by atoms with Crippen molar-refractivity contribution in [1.29, 1.82) is 0 Å². The maximum absolute atomic E-state index is 10.6. The minimum Gasteiger partial charge on any atom is -0.496 e. The number of rotatable bonds is 3. The van der Waals surface area contributed by atoms with Gasteiger partial charge in [-0.05, 0) is 64.6 Å². The van der Waals surface area contributed by atoms with Crippen molar-refractivity contribution in [1.82, 2.24) is 0 Å². The van der Waals surface area contributed by atoms with Crippen molar-refractivity contribution >= 4 is 50.1 Å². The average Bonchev–Trinajstić information content (AvgIpc) is 2.40. The Bertz CT molecular complexity index is 604. The van der Waals surface area contributed by atoms with E-state index in [1.54, 1.807) is 19.2 Å². The third kappa shape index (κ3) is 3.42. The highest BCUT2D eigenvalue weighted by atomic mass is 127. The molecule has 0 heterocycles. The Morgan fingerprint density at radius 2 is 1.95 bits per heavy atom. The van der Waals surface area contributed by atoms with Crippen molar-refractivity contribution in [2.45, 2.75) is 6.10 Å². The van der Waals surface area contributed by atoms with Crippen LogP contribution >= 0.6 is 50.1 Å². The summed E-state index contributed by atoms with van der Waals surface area (Å²) in [5.41, 5.74) is 1.47. The first kappa shape index (κ1) is 15.1. The van der Waals surface area contributed by atoms with E-state index in [1.807, 2.05) is 24.3 Å². The number of methoxy groups -OCH3 is 1. The summed E-state index contributed by atoms with van der Waals surface area (Å²) in [5, 5.41) is 11.2. The molecular formula is C14H11BrClIO2. The van der Waals surface area contributed by atoms with Gasteiger partial charge in [-0.25, -0.2) is 0 Å². The molecule has 2 aromatic rings. The van der Waals surface area contributed by atoms with Gasteiger partial charge in [0, 0.05) is 18.6 Å². The van der Waals surface area contributed by atoms with Gasteiger partial charge in [-0.1, -0.05) is 27.5 Å². The van der Waals surface area contributed by atoms with Gasteiger partial charge in [0.05, 0.1) is 7.11 Å². The molecule has 0 aliphatic carbocycles. The maximum Gasteiger partial charge on any atom is 0.125 e. The number of ether oxygens (including phenoxy) is 1. The van der Waals surface area contributed by atoms with Crippen LogP contribution in [-0.4, -0.2) is 12.2 Å². The minimum absolute atomic E-state index is 0.600. The zero-order valence-corrected chi connectivity index (χ0v) is 14.5. The Hall–Kier alpha value is -0.300. The van der Waals surface area contributed by atoms with Crippen molar-refractivity contribution in [2.24, 2.45) is 0 Å². The largest absolute Gasteiger partial charge is 0.496 e. The molecule has 0 bridgehead atoms. The molecule has 1 N–H and O–H groups in total. The molecule has 0 saturated heterocycles. The molecule has 0 aliphatic rings. The van der Waals surface area contributed by atoms with Gasteiger partial charge in [-0.15, -0.1) is 0 Å². The molecule has 0 amide bonds. The van der Waals surface area contributed by atoms with Crippen molar-refractivity contribution in [3.63, 3.8) is 0 Å². The third-order valence-electron chi connectivity index (χ3n) is 2.74. The second kappa shape index (κ2) is 6.43. The summed E-state index contributed by atoms with van der Waals surface area (Å²) in [7, 11) is 1.59. The van der Waals surface area contributed by atoms with Gasteiger partial charge in [0.15, 0.2) is 0 Å². The fraction of sp³-hybridized carbons (Fsp3) is 0.143. The van der Waals surface area contributed by atoms with Crippen LogP contribution in [-0.2, 0) is 0 Å². The van der Waals surface area contributed by atoms with Crippen LogP contribution in [0.5, 0.6) is 5.75 Å². The number of hydrogen-bond acceptors (Lipinski definition) is 2. The third-order valence-corrected chi connectivity index (χ3v) is 4.45. The van der Waals surface area contributed by atoms with Gasteiger partial charge in [0.25, 0.3) is 0 Å². The SMILES string of the molecule is COc1ccc(Br)cc1C(O)c1cc(Cl)ccc1I. The Morgan fingerprint density at radius 1 is 1.21 bits per heavy atom. The monoisotopic (exact) mass is 452 g/mol. The normalized spacial score (nSPS) is 12.3. The molecule has 0 spiro atoms. The van der Waals surface area contributed by atoms with Crippen molar-refractivity contribution in [3.8, 4) is 5.75 Å². The number of aliphatic hydroxyl groups excluding tert-OH is 1. The highest BCUT2D eigenvalue weighted by molar-refractivity contribution is 14.1. The summed E-state index contributed by atoms with van der Waals surface area (Å²) in [6.45, 7) is 0. The second-order valence-corrected chi connectivity index (χ2v) is 6.47. The average molecular weight is 454 g/mol. The highest BCUT2D eigenvalue weighted by Gasteiger charge is 2.18. The zero-order chi connectivity index (χ0) is 14.0. The summed E-state index contributed by atoms with van der Waals surface area (Å²) in [6, 6.07) is 11.0. The summed E-state index contributed by atoms with van der Waals surface area (Å²) < 4.78 is 7.14. The molecule has 0 aromatic heterocycles. The second-order valence-electron chi connectivity index (χ2n) is 3.95. The molecule has 0 saturated carbocycles. The fourth-order valence-corrected chi connectivity index (χ4v) is 3.00. The highest BCUT2D eigenvalue weighted by Crippen LogP contribution is 2.35. The molecule has 100 valence electrons. The molecule has 2 rings (SSSR count). The number of aliphatic hydroxyl groups is 1. The Kier molecular flexibility index (Phi) is 5.11. The van der Waals surface area contributed by atoms with Crippen LogP contribution < -0.4 is 4.74 Å². The summed E-state index contributed by atoms with van der Waals surface area (Å²) in [5.74, 6) is 0.645. The molecule has 19 heavy (non-hydrogen) atoms. The van der Waals surface area contributed by atoms with Gasteiger partial charge in [-0.3, -0.25) is 0 Å². The van der Waals surface area contributed by atoms with Gasteiger partial charge >= 0.3 is 0 Å². The predicted molar refractivity (Wildman–Crippen MR) is 88.9 cm³/mol. The van der Waals surface area contributed by atoms with Gasteiger partial charge in [0.1, 0.15) is 11.9 Å². The van der Waals surface area contributed by atoms with E-state index in [0.717, 1.165) is 13.6 Å². The topological polar surface area (TPSA) is 29.5 Å². The Labute approximate surface area is 139 Å². The lowest BCUT2D eigenvalue weighted by Crippen LogP contribution is -2.04. The molecule has 2 aromatic carbocycles. The van der Waals surface area contributed by atoms with Crippen LogP contribution in [0.2, 0.25) is 5.02 Å². The quantitative estimate of drug-likeness (QED) is 0.677. The standard InChI is InChI=1S/C14H11BrClIO2/c1-19-13-5-2-8(15)6-11(13)14(18)10-7-9(16)3-4-12(10)17/h2-7,14,18H,1H3. The van der Waals surface area contributed by atoms with E-state index in [4.69, 9.17) is 16.3 Å². The molecular weight excluding hydrogens is 442 g/mol. The van der Waals surface area contributed by atoms with Crippen LogP contribution in [0.4, 0.5) is 0 Å². The van der Waals surface area contributed by atoms with Crippen molar-refractivity contribution in [3.05, 3.63) is 60.6 Å². The van der Waals surface area contributed by atoms with Gasteiger partial charge < -0.3 is 9.84 Å². The fourth-order valence-electron chi connectivity index (χ4n) is 1.81. The molecule has 2 nitrogen and oxygen atoms in total. The Morgan fingerprint density at radius 3 is 2.63 bits per heavy atom. The van der Waals surface area contributed by atoms with Crippen LogP contribution in [0.3, 0.4) is 0 Å². The maximum atomic E-state index is 10.6. The van der Waals surface area contributed by atoms with E-state index in [9.17, 15) is 5.11 Å². The summed E-state index contributed by atoms with van der Waals surface area (Å²) >= 11 is 11.6. The van der Waals surface area contributed by atoms with Crippen LogP contribution in [0, 0.1) is 3.57 Å². The van der Waals surface area contributed by atoms with E-state index in [2.05, 4.69) is 38.5 Å². The van der Waals surface area contributed by atoms with Crippen LogP contribution in [0.25, 0.3) is 0 Å². The minimum atomic E-state index is -0.780. The lowest BCUT2D eigenvalue weighted by molar-refractivity contribution is 0.214. The van der Waals surface area contributed by atoms with Crippen LogP contribution in [0.15, 0.2) is 40.9 Å². The van der Waals surface area contributed by atoms with E-state index < -0.39 is 6.10 Å². The lowest BCUT2D eigenvalue weighted by atomic mass is 10.0. The van der Waals surface area contributed by atoms with Gasteiger partial charge in [-0.2, -0.15) is 0 Å². The van der Waals surface area contributed by atoms with E-state index in [0.29, 0.717) is 16.3 Å². The van der Waals surface area contributed by atoms with Gasteiger partial charge in [0.2, 0.25) is 0 Å². The first-order chi connectivity index (χ1) is 9.02. The molecule has 0 aliphatic heterocycles. The van der Waals surface area contributed by atoms with E-state index >= 15 is 0 Å².